The molecule has 3 aromatic carbocycles. The van der Waals surface area contributed by atoms with Gasteiger partial charge in [0, 0.05) is 5.69 Å². The number of fused-ring (bicyclic) bond motifs is 1. The lowest BCUT2D eigenvalue weighted by molar-refractivity contribution is -0.122. The minimum atomic E-state index is -0.665. The van der Waals surface area contributed by atoms with Crippen LogP contribution in [-0.2, 0) is 11.2 Å². The van der Waals surface area contributed by atoms with Crippen LogP contribution in [0.5, 0.6) is 5.75 Å². The van der Waals surface area contributed by atoms with Crippen molar-refractivity contribution in [2.45, 2.75) is 32.7 Å². The number of aliphatic hydroxyl groups excluding tert-OH is 1. The normalized spacial score (nSPS) is 11.2. The van der Waals surface area contributed by atoms with Gasteiger partial charge in [0.05, 0.1) is 30.7 Å². The van der Waals surface area contributed by atoms with Crippen molar-refractivity contribution < 1.29 is 19.4 Å². The van der Waals surface area contributed by atoms with Crippen molar-refractivity contribution >= 4 is 28.3 Å². The summed E-state index contributed by atoms with van der Waals surface area (Å²) in [5.74, 6) is 0.113. The fourth-order valence-electron chi connectivity index (χ4n) is 3.31. The third-order valence-corrected chi connectivity index (χ3v) is 4.87. The third kappa shape index (κ3) is 5.61. The van der Waals surface area contributed by atoms with Crippen molar-refractivity contribution in [1.29, 1.82) is 0 Å². The molecule has 0 saturated carbocycles. The molecule has 6 heteroatoms. The van der Waals surface area contributed by atoms with Gasteiger partial charge in [-0.15, -0.1) is 0 Å². The molecule has 0 radical (unpaired) electrons. The van der Waals surface area contributed by atoms with Crippen LogP contribution in [0, 0.1) is 0 Å². The maximum Gasteiger partial charge on any atom is 0.260 e. The molecular formula is C25H28N2O4. The van der Waals surface area contributed by atoms with E-state index in [1.807, 2.05) is 43.3 Å². The number of nitrogens with one attached hydrogen (secondary N) is 2. The summed E-state index contributed by atoms with van der Waals surface area (Å²) in [7, 11) is 0. The molecule has 3 N–H and O–H groups in total. The van der Waals surface area contributed by atoms with Crippen molar-refractivity contribution in [3.05, 3.63) is 71.8 Å². The quantitative estimate of drug-likeness (QED) is 0.515. The Morgan fingerprint density at radius 2 is 1.71 bits per heavy atom. The molecule has 0 fully saturated rings. The van der Waals surface area contributed by atoms with Crippen molar-refractivity contribution in [2.24, 2.45) is 0 Å². The number of amides is 2. The lowest BCUT2D eigenvalue weighted by atomic mass is 10.0. The monoisotopic (exact) mass is 420 g/mol. The van der Waals surface area contributed by atoms with Crippen molar-refractivity contribution in [2.75, 3.05) is 18.5 Å². The number of ether oxygens (including phenoxy) is 1. The Hall–Kier alpha value is -3.38. The zero-order chi connectivity index (χ0) is 22.4. The predicted octanol–water partition coefficient (Wildman–Crippen LogP) is 3.92. The van der Waals surface area contributed by atoms with Gasteiger partial charge in [0.25, 0.3) is 5.91 Å². The van der Waals surface area contributed by atoms with Crippen LogP contribution >= 0.6 is 0 Å². The average molecular weight is 421 g/mol. The SMILES string of the molecule is CCOc1ccc2ccccc2c1C(=O)Nc1ccc(CC(=O)NC(C)(C)CO)cc1. The van der Waals surface area contributed by atoms with E-state index in [0.29, 0.717) is 23.6 Å². The first-order chi connectivity index (χ1) is 14.8. The van der Waals surface area contributed by atoms with E-state index >= 15 is 0 Å². The smallest absolute Gasteiger partial charge is 0.260 e. The summed E-state index contributed by atoms with van der Waals surface area (Å²) in [6, 6.07) is 18.6. The van der Waals surface area contributed by atoms with Gasteiger partial charge in [0.1, 0.15) is 5.75 Å². The Kier molecular flexibility index (Phi) is 6.92. The molecule has 0 unspecified atom stereocenters. The number of rotatable bonds is 8. The summed E-state index contributed by atoms with van der Waals surface area (Å²) in [6.07, 6.45) is 0.190. The molecule has 162 valence electrons. The Morgan fingerprint density at radius 1 is 1.00 bits per heavy atom. The maximum atomic E-state index is 13.1. The number of anilines is 1. The Labute approximate surface area is 182 Å². The highest BCUT2D eigenvalue weighted by Crippen LogP contribution is 2.29. The summed E-state index contributed by atoms with van der Waals surface area (Å²) in [6.45, 7) is 5.72. The van der Waals surface area contributed by atoms with Crippen molar-refractivity contribution in [3.8, 4) is 5.75 Å². The van der Waals surface area contributed by atoms with Crippen molar-refractivity contribution in [3.63, 3.8) is 0 Å². The lowest BCUT2D eigenvalue weighted by Crippen LogP contribution is -2.46. The Bertz CT molecular complexity index is 1070. The average Bonchev–Trinajstić information content (AvgIpc) is 2.74. The van der Waals surface area contributed by atoms with E-state index in [2.05, 4.69) is 10.6 Å². The van der Waals surface area contributed by atoms with Gasteiger partial charge in [-0.25, -0.2) is 0 Å². The molecule has 0 atom stereocenters. The van der Waals surface area contributed by atoms with E-state index in [9.17, 15) is 14.7 Å². The first kappa shape index (κ1) is 22.3. The number of carbonyl (C=O) groups is 2. The molecule has 3 aromatic rings. The molecule has 0 aromatic heterocycles. The van der Waals surface area contributed by atoms with Crippen LogP contribution in [0.4, 0.5) is 5.69 Å². The number of carbonyl (C=O) groups excluding carboxylic acids is 2. The molecule has 6 nitrogen and oxygen atoms in total. The van der Waals surface area contributed by atoms with Gasteiger partial charge in [-0.05, 0) is 55.3 Å². The van der Waals surface area contributed by atoms with Gasteiger partial charge < -0.3 is 20.5 Å². The largest absolute Gasteiger partial charge is 0.493 e. The van der Waals surface area contributed by atoms with Crippen LogP contribution in [0.3, 0.4) is 0 Å². The van der Waals surface area contributed by atoms with Crippen LogP contribution in [0.1, 0.15) is 36.7 Å². The highest BCUT2D eigenvalue weighted by Gasteiger charge is 2.19. The summed E-state index contributed by atoms with van der Waals surface area (Å²) in [5, 5.41) is 16.8. The molecule has 0 spiro atoms. The second-order valence-corrected chi connectivity index (χ2v) is 8.01. The van der Waals surface area contributed by atoms with E-state index in [1.165, 1.54) is 0 Å². The topological polar surface area (TPSA) is 87.7 Å². The van der Waals surface area contributed by atoms with Gasteiger partial charge in [-0.3, -0.25) is 9.59 Å². The van der Waals surface area contributed by atoms with E-state index in [4.69, 9.17) is 4.74 Å². The third-order valence-electron chi connectivity index (χ3n) is 4.87. The second-order valence-electron chi connectivity index (χ2n) is 8.01. The Morgan fingerprint density at radius 3 is 2.39 bits per heavy atom. The van der Waals surface area contributed by atoms with Crippen LogP contribution in [0.2, 0.25) is 0 Å². The maximum absolute atomic E-state index is 13.1. The summed E-state index contributed by atoms with van der Waals surface area (Å²) >= 11 is 0. The molecule has 3 rings (SSSR count). The van der Waals surface area contributed by atoms with Gasteiger partial charge in [-0.1, -0.05) is 42.5 Å². The fourth-order valence-corrected chi connectivity index (χ4v) is 3.31. The van der Waals surface area contributed by atoms with E-state index in [-0.39, 0.29) is 24.8 Å². The second kappa shape index (κ2) is 9.62. The van der Waals surface area contributed by atoms with Crippen LogP contribution in [0.25, 0.3) is 10.8 Å². The number of hydrogen-bond donors (Lipinski definition) is 3. The predicted molar refractivity (Wildman–Crippen MR) is 123 cm³/mol. The van der Waals surface area contributed by atoms with Crippen molar-refractivity contribution in [1.82, 2.24) is 5.32 Å². The Balaban J connectivity index is 1.76. The van der Waals surface area contributed by atoms with E-state index in [0.717, 1.165) is 16.3 Å². The molecule has 0 aliphatic carbocycles. The van der Waals surface area contributed by atoms with E-state index in [1.54, 1.807) is 38.1 Å². The van der Waals surface area contributed by atoms with Crippen LogP contribution in [-0.4, -0.2) is 35.7 Å². The summed E-state index contributed by atoms with van der Waals surface area (Å²) in [5.41, 5.74) is 1.26. The minimum absolute atomic E-state index is 0.137. The number of benzene rings is 3. The highest BCUT2D eigenvalue weighted by atomic mass is 16.5. The molecule has 0 heterocycles. The number of hydrogen-bond acceptors (Lipinski definition) is 4. The molecule has 0 aliphatic heterocycles. The van der Waals surface area contributed by atoms with Gasteiger partial charge in [0.15, 0.2) is 0 Å². The first-order valence-corrected chi connectivity index (χ1v) is 10.3. The minimum Gasteiger partial charge on any atom is -0.493 e. The van der Waals surface area contributed by atoms with Gasteiger partial charge in [-0.2, -0.15) is 0 Å². The molecule has 0 bridgehead atoms. The van der Waals surface area contributed by atoms with Gasteiger partial charge in [0.2, 0.25) is 5.91 Å². The first-order valence-electron chi connectivity index (χ1n) is 10.3. The summed E-state index contributed by atoms with van der Waals surface area (Å²) < 4.78 is 5.69. The number of aliphatic hydroxyl groups is 1. The van der Waals surface area contributed by atoms with Crippen LogP contribution < -0.4 is 15.4 Å². The molecule has 0 saturated heterocycles. The highest BCUT2D eigenvalue weighted by molar-refractivity contribution is 6.15. The standard InChI is InChI=1S/C25H28N2O4/c1-4-31-21-14-11-18-7-5-6-8-20(18)23(21)24(30)26-19-12-9-17(10-13-19)15-22(29)27-25(2,3)16-28/h5-14,28H,4,15-16H2,1-3H3,(H,26,30)(H,27,29). The molecule has 0 aliphatic rings. The fraction of sp³-hybridized carbons (Fsp3) is 0.280. The molecule has 31 heavy (non-hydrogen) atoms. The lowest BCUT2D eigenvalue weighted by Gasteiger charge is -2.23. The van der Waals surface area contributed by atoms with Crippen LogP contribution in [0.15, 0.2) is 60.7 Å². The zero-order valence-corrected chi connectivity index (χ0v) is 18.1. The zero-order valence-electron chi connectivity index (χ0n) is 18.1. The van der Waals surface area contributed by atoms with Gasteiger partial charge >= 0.3 is 0 Å². The summed E-state index contributed by atoms with van der Waals surface area (Å²) in [4.78, 5) is 25.2. The molecule has 2 amide bonds. The molecular weight excluding hydrogens is 392 g/mol. The van der Waals surface area contributed by atoms with E-state index < -0.39 is 5.54 Å².